The fraction of sp³-hybridized carbons (Fsp3) is 0.692. The lowest BCUT2D eigenvalue weighted by molar-refractivity contribution is -0.0896. The predicted molar refractivity (Wildman–Crippen MR) is 77.0 cm³/mol. The molecule has 1 aromatic heterocycles. The van der Waals surface area contributed by atoms with E-state index in [4.69, 9.17) is 0 Å². The van der Waals surface area contributed by atoms with Crippen molar-refractivity contribution in [3.05, 3.63) is 11.6 Å². The van der Waals surface area contributed by atoms with Crippen LogP contribution in [0.15, 0.2) is 11.6 Å². The molecule has 0 unspecified atom stereocenters. The first-order chi connectivity index (χ1) is 10.0. The summed E-state index contributed by atoms with van der Waals surface area (Å²) < 4.78 is 25.4. The van der Waals surface area contributed by atoms with Crippen molar-refractivity contribution in [1.82, 2.24) is 15.6 Å². The summed E-state index contributed by atoms with van der Waals surface area (Å²) in [6.45, 7) is 1.69. The van der Waals surface area contributed by atoms with E-state index in [1.54, 1.807) is 17.5 Å². The minimum atomic E-state index is -2.60. The Hall–Kier alpha value is -1.44. The summed E-state index contributed by atoms with van der Waals surface area (Å²) in [5, 5.41) is 8.43. The number of rotatable bonds is 3. The van der Waals surface area contributed by atoms with Crippen molar-refractivity contribution in [1.29, 1.82) is 0 Å². The van der Waals surface area contributed by atoms with Gasteiger partial charge in [-0.05, 0) is 12.8 Å². The summed E-state index contributed by atoms with van der Waals surface area (Å²) in [5.74, 6) is -2.60. The average molecular weight is 316 g/mol. The van der Waals surface area contributed by atoms with E-state index in [2.05, 4.69) is 20.5 Å². The number of thiazole rings is 1. The second-order valence-electron chi connectivity index (χ2n) is 5.65. The Bertz CT molecular complexity index is 480. The maximum atomic E-state index is 12.7. The highest BCUT2D eigenvalue weighted by atomic mass is 32.1. The second kappa shape index (κ2) is 5.75. The van der Waals surface area contributed by atoms with Crippen LogP contribution in [0, 0.1) is 0 Å². The van der Waals surface area contributed by atoms with Gasteiger partial charge < -0.3 is 15.5 Å². The van der Waals surface area contributed by atoms with Gasteiger partial charge in [0.15, 0.2) is 5.13 Å². The van der Waals surface area contributed by atoms with Gasteiger partial charge in [0.05, 0.1) is 0 Å². The van der Waals surface area contributed by atoms with E-state index < -0.39 is 12.0 Å². The molecule has 0 spiro atoms. The van der Waals surface area contributed by atoms with E-state index >= 15 is 0 Å². The number of piperidine rings is 1. The standard InChI is InChI=1S/C13H18F2N4OS/c14-13(15)7-10(8-13)18-11(20)17-9-1-4-19(5-2-9)12-16-3-6-21-12/h3,6,9-10H,1-2,4-5,7-8H2,(H2,17,18,20). The first-order valence-electron chi connectivity index (χ1n) is 7.11. The van der Waals surface area contributed by atoms with Crippen LogP contribution in [-0.4, -0.2) is 42.1 Å². The van der Waals surface area contributed by atoms with E-state index in [0.717, 1.165) is 31.1 Å². The van der Waals surface area contributed by atoms with Crippen LogP contribution in [0.2, 0.25) is 0 Å². The summed E-state index contributed by atoms with van der Waals surface area (Å²) in [4.78, 5) is 18.2. The summed E-state index contributed by atoms with van der Waals surface area (Å²) in [5.41, 5.74) is 0. The lowest BCUT2D eigenvalue weighted by atomic mass is 9.88. The number of anilines is 1. The number of urea groups is 1. The zero-order valence-electron chi connectivity index (χ0n) is 11.5. The molecule has 2 fully saturated rings. The van der Waals surface area contributed by atoms with E-state index in [9.17, 15) is 13.6 Å². The van der Waals surface area contributed by atoms with Crippen LogP contribution >= 0.6 is 11.3 Å². The third kappa shape index (κ3) is 3.61. The molecule has 5 nitrogen and oxygen atoms in total. The van der Waals surface area contributed by atoms with Gasteiger partial charge in [0.2, 0.25) is 0 Å². The van der Waals surface area contributed by atoms with Gasteiger partial charge in [0, 0.05) is 49.6 Å². The van der Waals surface area contributed by atoms with Gasteiger partial charge in [-0.3, -0.25) is 0 Å². The number of alkyl halides is 2. The van der Waals surface area contributed by atoms with Crippen molar-refractivity contribution < 1.29 is 13.6 Å². The average Bonchev–Trinajstić information content (AvgIpc) is 2.91. The van der Waals surface area contributed by atoms with Gasteiger partial charge >= 0.3 is 6.03 Å². The maximum Gasteiger partial charge on any atom is 0.315 e. The van der Waals surface area contributed by atoms with Crippen LogP contribution in [0.5, 0.6) is 0 Å². The van der Waals surface area contributed by atoms with E-state index in [0.29, 0.717) is 0 Å². The fourth-order valence-electron chi connectivity index (χ4n) is 2.76. The number of carbonyl (C=O) groups is 1. The molecule has 1 aliphatic carbocycles. The van der Waals surface area contributed by atoms with Gasteiger partial charge in [-0.25, -0.2) is 18.6 Å². The number of hydrogen-bond donors (Lipinski definition) is 2. The molecular formula is C13H18F2N4OS. The Balaban J connectivity index is 1.38. The Labute approximate surface area is 125 Å². The predicted octanol–water partition coefficient (Wildman–Crippen LogP) is 2.21. The lowest BCUT2D eigenvalue weighted by Crippen LogP contribution is -2.55. The molecule has 1 saturated carbocycles. The van der Waals surface area contributed by atoms with Crippen LogP contribution in [0.1, 0.15) is 25.7 Å². The third-order valence-corrected chi connectivity index (χ3v) is 4.78. The number of hydrogen-bond acceptors (Lipinski definition) is 4. The summed E-state index contributed by atoms with van der Waals surface area (Å²) in [6, 6.07) is -0.625. The molecule has 8 heteroatoms. The Kier molecular flexibility index (Phi) is 3.97. The zero-order chi connectivity index (χ0) is 14.9. The number of nitrogens with zero attached hydrogens (tertiary/aromatic N) is 2. The molecule has 1 saturated heterocycles. The van der Waals surface area contributed by atoms with E-state index in [1.807, 2.05) is 5.38 Å². The minimum Gasteiger partial charge on any atom is -0.348 e. The molecule has 2 heterocycles. The van der Waals surface area contributed by atoms with Gasteiger partial charge in [0.1, 0.15) is 0 Å². The third-order valence-electron chi connectivity index (χ3n) is 3.95. The first kappa shape index (κ1) is 14.5. The smallest absolute Gasteiger partial charge is 0.315 e. The Morgan fingerprint density at radius 3 is 2.52 bits per heavy atom. The topological polar surface area (TPSA) is 57.3 Å². The monoisotopic (exact) mass is 316 g/mol. The van der Waals surface area contributed by atoms with Crippen LogP contribution in [-0.2, 0) is 0 Å². The zero-order valence-corrected chi connectivity index (χ0v) is 12.3. The van der Waals surface area contributed by atoms with Gasteiger partial charge in [-0.15, -0.1) is 11.3 Å². The highest BCUT2D eigenvalue weighted by Gasteiger charge is 2.46. The number of halogens is 2. The fourth-order valence-corrected chi connectivity index (χ4v) is 3.46. The summed E-state index contributed by atoms with van der Waals surface area (Å²) >= 11 is 1.61. The molecule has 3 rings (SSSR count). The van der Waals surface area contributed by atoms with Crippen LogP contribution in [0.3, 0.4) is 0 Å². The number of amides is 2. The molecule has 1 aliphatic heterocycles. The molecule has 1 aromatic rings. The van der Waals surface area contributed by atoms with Crippen molar-refractivity contribution >= 4 is 22.5 Å². The Morgan fingerprint density at radius 2 is 1.95 bits per heavy atom. The number of aromatic nitrogens is 1. The minimum absolute atomic E-state index is 0.0989. The van der Waals surface area contributed by atoms with Crippen LogP contribution in [0.4, 0.5) is 18.7 Å². The molecule has 2 aliphatic rings. The number of nitrogens with one attached hydrogen (secondary N) is 2. The van der Waals surface area contributed by atoms with Crippen molar-refractivity contribution in [2.24, 2.45) is 0 Å². The van der Waals surface area contributed by atoms with Crippen molar-refractivity contribution in [2.45, 2.75) is 43.7 Å². The highest BCUT2D eigenvalue weighted by Crippen LogP contribution is 2.37. The van der Waals surface area contributed by atoms with Gasteiger partial charge in [0.25, 0.3) is 5.92 Å². The first-order valence-corrected chi connectivity index (χ1v) is 7.99. The largest absolute Gasteiger partial charge is 0.348 e. The molecule has 116 valence electrons. The van der Waals surface area contributed by atoms with Gasteiger partial charge in [-0.2, -0.15) is 0 Å². The molecule has 0 radical (unpaired) electrons. The molecule has 21 heavy (non-hydrogen) atoms. The summed E-state index contributed by atoms with van der Waals surface area (Å²) in [6.07, 6.45) is 2.97. The molecule has 2 N–H and O–H groups in total. The van der Waals surface area contributed by atoms with Crippen LogP contribution in [0.25, 0.3) is 0 Å². The Morgan fingerprint density at radius 1 is 1.29 bits per heavy atom. The SMILES string of the molecule is O=C(NC1CCN(c2nccs2)CC1)NC1CC(F)(F)C1. The van der Waals surface area contributed by atoms with Crippen LogP contribution < -0.4 is 15.5 Å². The quantitative estimate of drug-likeness (QED) is 0.899. The maximum absolute atomic E-state index is 12.7. The molecule has 0 aromatic carbocycles. The van der Waals surface area contributed by atoms with Crippen molar-refractivity contribution in [3.63, 3.8) is 0 Å². The molecular weight excluding hydrogens is 298 g/mol. The van der Waals surface area contributed by atoms with E-state index in [-0.39, 0.29) is 24.9 Å². The van der Waals surface area contributed by atoms with E-state index in [1.165, 1.54) is 0 Å². The van der Waals surface area contributed by atoms with Gasteiger partial charge in [-0.1, -0.05) is 0 Å². The lowest BCUT2D eigenvalue weighted by Gasteiger charge is -2.36. The summed E-state index contributed by atoms with van der Waals surface area (Å²) in [7, 11) is 0. The van der Waals surface area contributed by atoms with Crippen molar-refractivity contribution in [3.8, 4) is 0 Å². The molecule has 2 amide bonds. The highest BCUT2D eigenvalue weighted by molar-refractivity contribution is 7.13. The van der Waals surface area contributed by atoms with Crippen molar-refractivity contribution in [2.75, 3.05) is 18.0 Å². The number of carbonyl (C=O) groups excluding carboxylic acids is 1. The molecule has 0 bridgehead atoms. The molecule has 0 atom stereocenters. The normalized spacial score (nSPS) is 22.7. The second-order valence-corrected chi connectivity index (χ2v) is 6.53.